The van der Waals surface area contributed by atoms with Crippen LogP contribution in [0.15, 0.2) is 51.5 Å². The average molecular weight is 307 g/mol. The maximum atomic E-state index is 10.9. The SMILES string of the molecule is Cc1cc(/N=N/c2ccc(S(=O)(=O)O)cc2)c(N)cc1O. The highest BCUT2D eigenvalue weighted by Crippen LogP contribution is 2.31. The molecule has 0 aliphatic heterocycles. The largest absolute Gasteiger partial charge is 0.508 e. The summed E-state index contributed by atoms with van der Waals surface area (Å²) in [4.78, 5) is -0.221. The summed E-state index contributed by atoms with van der Waals surface area (Å²) in [6.45, 7) is 1.70. The van der Waals surface area contributed by atoms with Crippen molar-refractivity contribution in [2.45, 2.75) is 11.8 Å². The van der Waals surface area contributed by atoms with E-state index in [2.05, 4.69) is 10.2 Å². The summed E-state index contributed by atoms with van der Waals surface area (Å²) < 4.78 is 30.7. The normalized spacial score (nSPS) is 11.9. The van der Waals surface area contributed by atoms with Crippen LogP contribution >= 0.6 is 0 Å². The van der Waals surface area contributed by atoms with Gasteiger partial charge < -0.3 is 10.8 Å². The van der Waals surface area contributed by atoms with Crippen molar-refractivity contribution in [1.29, 1.82) is 0 Å². The van der Waals surface area contributed by atoms with Crippen molar-refractivity contribution < 1.29 is 18.1 Å². The van der Waals surface area contributed by atoms with Crippen LogP contribution in [0.3, 0.4) is 0 Å². The number of rotatable bonds is 3. The van der Waals surface area contributed by atoms with Crippen LogP contribution in [0.2, 0.25) is 0 Å². The number of benzene rings is 2. The summed E-state index contributed by atoms with van der Waals surface area (Å²) in [6, 6.07) is 8.20. The number of anilines is 1. The van der Waals surface area contributed by atoms with Crippen LogP contribution in [-0.4, -0.2) is 18.1 Å². The first-order valence-corrected chi connectivity index (χ1v) is 7.30. The smallest absolute Gasteiger partial charge is 0.294 e. The molecule has 0 radical (unpaired) electrons. The molecule has 0 bridgehead atoms. The molecule has 0 heterocycles. The van der Waals surface area contributed by atoms with Crippen molar-refractivity contribution >= 4 is 27.2 Å². The van der Waals surface area contributed by atoms with Gasteiger partial charge in [0.15, 0.2) is 0 Å². The Morgan fingerprint density at radius 3 is 2.29 bits per heavy atom. The van der Waals surface area contributed by atoms with Crippen LogP contribution in [0.1, 0.15) is 5.56 Å². The Labute approximate surface area is 121 Å². The molecule has 7 nitrogen and oxygen atoms in total. The second-order valence-electron chi connectivity index (χ2n) is 4.37. The van der Waals surface area contributed by atoms with Crippen LogP contribution < -0.4 is 5.73 Å². The number of aryl methyl sites for hydroxylation is 1. The van der Waals surface area contributed by atoms with Crippen LogP contribution in [0, 0.1) is 6.92 Å². The maximum absolute atomic E-state index is 10.9. The van der Waals surface area contributed by atoms with Gasteiger partial charge in [-0.05, 0) is 42.8 Å². The fraction of sp³-hybridized carbons (Fsp3) is 0.0769. The van der Waals surface area contributed by atoms with Crippen LogP contribution in [-0.2, 0) is 10.1 Å². The molecule has 0 fully saturated rings. The van der Waals surface area contributed by atoms with Gasteiger partial charge >= 0.3 is 0 Å². The molecular weight excluding hydrogens is 294 g/mol. The van der Waals surface area contributed by atoms with Gasteiger partial charge in [0.05, 0.1) is 16.3 Å². The average Bonchev–Trinajstić information content (AvgIpc) is 2.41. The molecule has 0 amide bonds. The summed E-state index contributed by atoms with van der Waals surface area (Å²) >= 11 is 0. The Morgan fingerprint density at radius 2 is 1.71 bits per heavy atom. The molecule has 0 unspecified atom stereocenters. The number of hydrogen-bond acceptors (Lipinski definition) is 6. The highest BCUT2D eigenvalue weighted by atomic mass is 32.2. The first-order valence-electron chi connectivity index (χ1n) is 5.86. The van der Waals surface area contributed by atoms with E-state index in [9.17, 15) is 13.5 Å². The van der Waals surface area contributed by atoms with Crippen molar-refractivity contribution in [2.24, 2.45) is 10.2 Å². The quantitative estimate of drug-likeness (QED) is 0.456. The summed E-state index contributed by atoms with van der Waals surface area (Å²) in [7, 11) is -4.22. The minimum absolute atomic E-state index is 0.0731. The molecule has 0 saturated carbocycles. The molecule has 4 N–H and O–H groups in total. The number of azo groups is 1. The lowest BCUT2D eigenvalue weighted by molar-refractivity contribution is 0.471. The number of hydrogen-bond donors (Lipinski definition) is 3. The van der Waals surface area contributed by atoms with E-state index in [0.717, 1.165) is 0 Å². The molecule has 0 aliphatic carbocycles. The Bertz CT molecular complexity index is 799. The lowest BCUT2D eigenvalue weighted by Crippen LogP contribution is -1.96. The zero-order valence-corrected chi connectivity index (χ0v) is 11.9. The first-order chi connectivity index (χ1) is 9.77. The highest BCUT2D eigenvalue weighted by Gasteiger charge is 2.08. The van der Waals surface area contributed by atoms with Gasteiger partial charge in [-0.3, -0.25) is 4.55 Å². The fourth-order valence-corrected chi connectivity index (χ4v) is 2.06. The van der Waals surface area contributed by atoms with Gasteiger partial charge in [-0.1, -0.05) is 0 Å². The molecule has 21 heavy (non-hydrogen) atoms. The lowest BCUT2D eigenvalue weighted by Gasteiger charge is -2.03. The minimum atomic E-state index is -4.22. The van der Waals surface area contributed by atoms with E-state index >= 15 is 0 Å². The molecule has 110 valence electrons. The summed E-state index contributed by atoms with van der Waals surface area (Å²) in [5.41, 5.74) is 7.38. The molecule has 0 aliphatic rings. The Balaban J connectivity index is 2.28. The number of nitrogen functional groups attached to an aromatic ring is 1. The summed E-state index contributed by atoms with van der Waals surface area (Å²) in [5.74, 6) is 0.0731. The second-order valence-corrected chi connectivity index (χ2v) is 5.79. The van der Waals surface area contributed by atoms with E-state index in [4.69, 9.17) is 10.3 Å². The number of phenolic OH excluding ortho intramolecular Hbond substituents is 1. The number of nitrogens with zero attached hydrogens (tertiary/aromatic N) is 2. The zero-order valence-electron chi connectivity index (χ0n) is 11.1. The third-order valence-corrected chi connectivity index (χ3v) is 3.62. The Kier molecular flexibility index (Phi) is 3.92. The van der Waals surface area contributed by atoms with Gasteiger partial charge in [0.1, 0.15) is 11.4 Å². The monoisotopic (exact) mass is 307 g/mol. The van der Waals surface area contributed by atoms with E-state index in [1.54, 1.807) is 13.0 Å². The van der Waals surface area contributed by atoms with Crippen molar-refractivity contribution in [3.8, 4) is 5.75 Å². The number of nitrogens with two attached hydrogens (primary N) is 1. The van der Waals surface area contributed by atoms with Gasteiger partial charge in [-0.15, -0.1) is 5.11 Å². The lowest BCUT2D eigenvalue weighted by atomic mass is 10.2. The molecular formula is C13H13N3O4S. The topological polar surface area (TPSA) is 125 Å². The molecule has 0 atom stereocenters. The summed E-state index contributed by atoms with van der Waals surface area (Å²) in [6.07, 6.45) is 0. The Hall–Kier alpha value is -2.45. The predicted molar refractivity (Wildman–Crippen MR) is 77.7 cm³/mol. The molecule has 0 saturated heterocycles. The van der Waals surface area contributed by atoms with E-state index in [-0.39, 0.29) is 16.3 Å². The molecule has 2 aromatic rings. The van der Waals surface area contributed by atoms with E-state index in [1.807, 2.05) is 0 Å². The highest BCUT2D eigenvalue weighted by molar-refractivity contribution is 7.85. The first kappa shape index (κ1) is 14.9. The van der Waals surface area contributed by atoms with E-state index in [1.165, 1.54) is 30.3 Å². The molecule has 8 heteroatoms. The van der Waals surface area contributed by atoms with E-state index in [0.29, 0.717) is 16.9 Å². The molecule has 2 aromatic carbocycles. The van der Waals surface area contributed by atoms with Gasteiger partial charge in [0.2, 0.25) is 0 Å². The standard InChI is InChI=1S/C13H13N3O4S/c1-8-6-12(11(14)7-13(8)17)16-15-9-2-4-10(5-3-9)21(18,19)20/h2-7,17H,14H2,1H3,(H,18,19,20)/b16-15+. The van der Waals surface area contributed by atoms with Crippen molar-refractivity contribution in [3.63, 3.8) is 0 Å². The van der Waals surface area contributed by atoms with Crippen LogP contribution in [0.4, 0.5) is 17.1 Å². The predicted octanol–water partition coefficient (Wildman–Crippen LogP) is 2.94. The van der Waals surface area contributed by atoms with Gasteiger partial charge in [-0.25, -0.2) is 0 Å². The maximum Gasteiger partial charge on any atom is 0.294 e. The van der Waals surface area contributed by atoms with Gasteiger partial charge in [-0.2, -0.15) is 13.5 Å². The van der Waals surface area contributed by atoms with Crippen molar-refractivity contribution in [1.82, 2.24) is 0 Å². The Morgan fingerprint density at radius 1 is 1.10 bits per heavy atom. The van der Waals surface area contributed by atoms with Crippen LogP contribution in [0.25, 0.3) is 0 Å². The zero-order chi connectivity index (χ0) is 15.6. The van der Waals surface area contributed by atoms with Gasteiger partial charge in [0, 0.05) is 6.07 Å². The summed E-state index contributed by atoms with van der Waals surface area (Å²) in [5, 5.41) is 17.3. The number of phenols is 1. The molecule has 0 aromatic heterocycles. The second kappa shape index (κ2) is 5.51. The molecule has 0 spiro atoms. The van der Waals surface area contributed by atoms with E-state index < -0.39 is 10.1 Å². The van der Waals surface area contributed by atoms with Gasteiger partial charge in [0.25, 0.3) is 10.1 Å². The van der Waals surface area contributed by atoms with Crippen molar-refractivity contribution in [3.05, 3.63) is 42.0 Å². The van der Waals surface area contributed by atoms with Crippen LogP contribution in [0.5, 0.6) is 5.75 Å². The van der Waals surface area contributed by atoms with Crippen molar-refractivity contribution in [2.75, 3.05) is 5.73 Å². The minimum Gasteiger partial charge on any atom is -0.508 e. The third-order valence-electron chi connectivity index (χ3n) is 2.75. The third kappa shape index (κ3) is 3.56. The molecule has 2 rings (SSSR count). The number of aromatic hydroxyl groups is 1. The fourth-order valence-electron chi connectivity index (χ4n) is 1.58.